The third-order valence-corrected chi connectivity index (χ3v) is 6.05. The van der Waals surface area contributed by atoms with E-state index in [0.717, 1.165) is 0 Å². The molecule has 166 valence electrons. The van der Waals surface area contributed by atoms with Crippen LogP contribution in [0.3, 0.4) is 0 Å². The Hall–Kier alpha value is -3.09. The minimum absolute atomic E-state index is 0.0200. The van der Waals surface area contributed by atoms with Crippen molar-refractivity contribution in [2.45, 2.75) is 52.6 Å². The molecule has 7 heteroatoms. The fraction of sp³-hybridized carbons (Fsp3) is 0.458. The number of rotatable bonds is 5. The van der Waals surface area contributed by atoms with Crippen LogP contribution in [0.15, 0.2) is 46.8 Å². The number of methoxy groups -OCH3 is 1. The van der Waals surface area contributed by atoms with E-state index in [1.54, 1.807) is 26.0 Å². The first-order valence-electron chi connectivity index (χ1n) is 10.5. The maximum atomic E-state index is 13.6. The van der Waals surface area contributed by atoms with Crippen molar-refractivity contribution in [1.82, 2.24) is 5.32 Å². The first-order valence-corrected chi connectivity index (χ1v) is 10.5. The van der Waals surface area contributed by atoms with Crippen molar-refractivity contribution in [3.8, 4) is 5.75 Å². The average molecular weight is 427 g/mol. The number of hydrogen-bond donors (Lipinski definition) is 2. The molecule has 0 spiro atoms. The molecule has 0 radical (unpaired) electrons. The molecule has 1 aromatic carbocycles. The molecular weight excluding hydrogens is 398 g/mol. The van der Waals surface area contributed by atoms with E-state index in [-0.39, 0.29) is 23.6 Å². The number of phenols is 1. The van der Waals surface area contributed by atoms with Crippen molar-refractivity contribution in [3.63, 3.8) is 0 Å². The first kappa shape index (κ1) is 22.6. The first-order chi connectivity index (χ1) is 14.7. The number of ketones is 1. The molecule has 1 aliphatic carbocycles. The summed E-state index contributed by atoms with van der Waals surface area (Å²) in [6.45, 7) is 7.33. The van der Waals surface area contributed by atoms with Gasteiger partial charge in [-0.3, -0.25) is 9.59 Å². The van der Waals surface area contributed by atoms with E-state index >= 15 is 0 Å². The van der Waals surface area contributed by atoms with Crippen LogP contribution in [0.1, 0.15) is 52.0 Å². The van der Waals surface area contributed by atoms with Gasteiger partial charge in [0.15, 0.2) is 5.78 Å². The maximum Gasteiger partial charge on any atom is 0.337 e. The molecule has 0 aromatic heterocycles. The van der Waals surface area contributed by atoms with Gasteiger partial charge < -0.3 is 19.9 Å². The quantitative estimate of drug-likeness (QED) is 0.549. The number of carbonyl (C=O) groups is 3. The highest BCUT2D eigenvalue weighted by atomic mass is 16.5. The predicted molar refractivity (Wildman–Crippen MR) is 114 cm³/mol. The zero-order valence-electron chi connectivity index (χ0n) is 18.5. The van der Waals surface area contributed by atoms with Crippen molar-refractivity contribution in [1.29, 1.82) is 0 Å². The summed E-state index contributed by atoms with van der Waals surface area (Å²) in [4.78, 5) is 39.1. The number of ether oxygens (including phenoxy) is 2. The Balaban J connectivity index is 2.17. The van der Waals surface area contributed by atoms with Gasteiger partial charge in [-0.05, 0) is 50.3 Å². The van der Waals surface area contributed by atoms with Crippen molar-refractivity contribution >= 4 is 17.7 Å². The SMILES string of the molecule is CC[C@H](C)OC(=O)C1=C(C)NC2=C(C(=O)[C@H](C(=O)OC)[C@H](C)C2)[C@@H]1c1cccc(O)c1. The van der Waals surface area contributed by atoms with Gasteiger partial charge in [-0.1, -0.05) is 26.0 Å². The molecule has 1 aromatic rings. The highest BCUT2D eigenvalue weighted by Crippen LogP contribution is 2.46. The summed E-state index contributed by atoms with van der Waals surface area (Å²) in [6, 6.07) is 6.47. The molecule has 7 nitrogen and oxygen atoms in total. The van der Waals surface area contributed by atoms with Crippen LogP contribution in [0, 0.1) is 11.8 Å². The summed E-state index contributed by atoms with van der Waals surface area (Å²) >= 11 is 0. The van der Waals surface area contributed by atoms with Gasteiger partial charge in [-0.2, -0.15) is 0 Å². The zero-order valence-corrected chi connectivity index (χ0v) is 18.5. The van der Waals surface area contributed by atoms with Crippen LogP contribution in [0.4, 0.5) is 0 Å². The number of carbonyl (C=O) groups excluding carboxylic acids is 3. The van der Waals surface area contributed by atoms with E-state index < -0.39 is 23.8 Å². The minimum atomic E-state index is -0.949. The van der Waals surface area contributed by atoms with Gasteiger partial charge in [-0.25, -0.2) is 4.79 Å². The molecule has 0 fully saturated rings. The van der Waals surface area contributed by atoms with E-state index in [4.69, 9.17) is 9.47 Å². The summed E-state index contributed by atoms with van der Waals surface area (Å²) in [7, 11) is 1.26. The highest BCUT2D eigenvalue weighted by molar-refractivity contribution is 6.12. The smallest absolute Gasteiger partial charge is 0.337 e. The fourth-order valence-corrected chi connectivity index (χ4v) is 4.32. The maximum absolute atomic E-state index is 13.6. The van der Waals surface area contributed by atoms with Crippen molar-refractivity contribution < 1.29 is 29.0 Å². The second-order valence-electron chi connectivity index (χ2n) is 8.25. The number of aromatic hydroxyl groups is 1. The largest absolute Gasteiger partial charge is 0.508 e. The van der Waals surface area contributed by atoms with Gasteiger partial charge in [0.25, 0.3) is 0 Å². The second kappa shape index (κ2) is 8.96. The van der Waals surface area contributed by atoms with Gasteiger partial charge in [0, 0.05) is 22.9 Å². The molecule has 4 atom stereocenters. The lowest BCUT2D eigenvalue weighted by Gasteiger charge is -2.38. The lowest BCUT2D eigenvalue weighted by atomic mass is 9.69. The number of hydrogen-bond acceptors (Lipinski definition) is 7. The third kappa shape index (κ3) is 4.22. The van der Waals surface area contributed by atoms with Crippen LogP contribution >= 0.6 is 0 Å². The molecule has 0 saturated carbocycles. The van der Waals surface area contributed by atoms with Crippen LogP contribution < -0.4 is 5.32 Å². The Morgan fingerprint density at radius 3 is 2.65 bits per heavy atom. The molecule has 0 saturated heterocycles. The van der Waals surface area contributed by atoms with E-state index in [2.05, 4.69) is 5.32 Å². The van der Waals surface area contributed by atoms with Gasteiger partial charge in [-0.15, -0.1) is 0 Å². The van der Waals surface area contributed by atoms with Gasteiger partial charge in [0.2, 0.25) is 0 Å². The Kier molecular flexibility index (Phi) is 6.53. The monoisotopic (exact) mass is 427 g/mol. The third-order valence-electron chi connectivity index (χ3n) is 6.05. The number of dihydropyridines is 1. The van der Waals surface area contributed by atoms with Crippen molar-refractivity contribution in [2.75, 3.05) is 7.11 Å². The Morgan fingerprint density at radius 1 is 1.32 bits per heavy atom. The molecule has 31 heavy (non-hydrogen) atoms. The second-order valence-corrected chi connectivity index (χ2v) is 8.25. The number of Topliss-reactive ketones (excluding diaryl/α,β-unsaturated/α-hetero) is 1. The molecule has 0 bridgehead atoms. The summed E-state index contributed by atoms with van der Waals surface area (Å²) in [6.07, 6.45) is 0.816. The molecule has 0 unspecified atom stereocenters. The summed E-state index contributed by atoms with van der Waals surface area (Å²) < 4.78 is 10.5. The molecule has 1 aliphatic heterocycles. The molecule has 1 heterocycles. The van der Waals surface area contributed by atoms with E-state index in [1.807, 2.05) is 13.8 Å². The van der Waals surface area contributed by atoms with Crippen LogP contribution in [0.5, 0.6) is 5.75 Å². The molecule has 2 N–H and O–H groups in total. The fourth-order valence-electron chi connectivity index (χ4n) is 4.32. The van der Waals surface area contributed by atoms with Crippen LogP contribution in [-0.2, 0) is 23.9 Å². The van der Waals surface area contributed by atoms with Gasteiger partial charge in [0.05, 0.1) is 18.8 Å². The number of nitrogens with one attached hydrogen (secondary N) is 1. The van der Waals surface area contributed by atoms with Crippen LogP contribution in [0.25, 0.3) is 0 Å². The molecular formula is C24H29NO6. The number of esters is 2. The number of allylic oxidation sites excluding steroid dienone is 3. The summed E-state index contributed by atoms with van der Waals surface area (Å²) in [5.41, 5.74) is 2.51. The Labute approximate surface area is 182 Å². The van der Waals surface area contributed by atoms with E-state index in [0.29, 0.717) is 40.9 Å². The minimum Gasteiger partial charge on any atom is -0.508 e. The lowest BCUT2D eigenvalue weighted by molar-refractivity contribution is -0.151. The number of phenolic OH excluding ortho intramolecular Hbond substituents is 1. The highest BCUT2D eigenvalue weighted by Gasteiger charge is 2.47. The topological polar surface area (TPSA) is 102 Å². The zero-order chi connectivity index (χ0) is 22.9. The van der Waals surface area contributed by atoms with E-state index in [1.165, 1.54) is 19.2 Å². The molecule has 2 aliphatic rings. The molecule has 3 rings (SSSR count). The van der Waals surface area contributed by atoms with Crippen LogP contribution in [-0.4, -0.2) is 36.0 Å². The van der Waals surface area contributed by atoms with E-state index in [9.17, 15) is 19.5 Å². The summed E-state index contributed by atoms with van der Waals surface area (Å²) in [5.74, 6) is -3.43. The number of benzene rings is 1. The van der Waals surface area contributed by atoms with Gasteiger partial charge >= 0.3 is 11.9 Å². The summed E-state index contributed by atoms with van der Waals surface area (Å²) in [5, 5.41) is 13.3. The normalized spacial score (nSPS) is 24.3. The van der Waals surface area contributed by atoms with Crippen molar-refractivity contribution in [3.05, 3.63) is 52.4 Å². The van der Waals surface area contributed by atoms with Gasteiger partial charge in [0.1, 0.15) is 11.7 Å². The lowest BCUT2D eigenvalue weighted by Crippen LogP contribution is -2.43. The van der Waals surface area contributed by atoms with Crippen molar-refractivity contribution in [2.24, 2.45) is 11.8 Å². The standard InChI is InChI=1S/C24H29NO6/c1-6-13(3)31-24(29)19-14(4)25-17-10-12(2)18(23(28)30-5)22(27)21(17)20(19)15-8-7-9-16(26)11-15/h7-9,11-13,18,20,25-26H,6,10H2,1-5H3/t12-,13+,18-,20-/m1/s1. The Bertz CT molecular complexity index is 976. The Morgan fingerprint density at radius 2 is 2.03 bits per heavy atom. The molecule has 0 amide bonds. The average Bonchev–Trinajstić information content (AvgIpc) is 2.72. The predicted octanol–water partition coefficient (Wildman–Crippen LogP) is 3.35. The van der Waals surface area contributed by atoms with Crippen LogP contribution in [0.2, 0.25) is 0 Å².